The fraction of sp³-hybridized carbons (Fsp3) is 1.00. The minimum absolute atomic E-state index is 0.0466. The van der Waals surface area contributed by atoms with E-state index in [1.54, 1.807) is 0 Å². The second-order valence-electron chi connectivity index (χ2n) is 5.34. The van der Waals surface area contributed by atoms with Gasteiger partial charge in [0, 0.05) is 13.0 Å². The van der Waals surface area contributed by atoms with Gasteiger partial charge in [-0.25, -0.2) is 0 Å². The molecule has 0 aliphatic carbocycles. The van der Waals surface area contributed by atoms with Gasteiger partial charge in [0.2, 0.25) is 0 Å². The molecule has 25 heavy (non-hydrogen) atoms. The number of hydrogen-bond donors (Lipinski definition) is 0. The SMILES string of the molecule is FC(F)(F)C(F)(F)C(F)(F)C(F)(F)C(F)(F)C(F)(F)CC1CCCO1. The molecule has 1 heterocycles. The molecule has 1 nitrogen and oxygen atoms in total. The first-order valence-electron chi connectivity index (χ1n) is 6.40. The highest BCUT2D eigenvalue weighted by Gasteiger charge is 2.90. The molecule has 0 aromatic heterocycles. The molecule has 0 amide bonds. The Hall–Kier alpha value is -0.950. The summed E-state index contributed by atoms with van der Waals surface area (Å²) >= 11 is 0. The Balaban J connectivity index is 3.27. The van der Waals surface area contributed by atoms with Gasteiger partial charge in [-0.05, 0) is 12.8 Å². The van der Waals surface area contributed by atoms with Crippen LogP contribution in [0.1, 0.15) is 19.3 Å². The average Bonchev–Trinajstić information content (AvgIpc) is 2.88. The van der Waals surface area contributed by atoms with Gasteiger partial charge >= 0.3 is 35.8 Å². The molecular formula is C11H9F13O. The zero-order valence-corrected chi connectivity index (χ0v) is 11.7. The van der Waals surface area contributed by atoms with Gasteiger partial charge < -0.3 is 4.74 Å². The van der Waals surface area contributed by atoms with Gasteiger partial charge in [-0.2, -0.15) is 57.1 Å². The largest absolute Gasteiger partial charge is 0.460 e. The normalized spacial score (nSPS) is 21.7. The van der Waals surface area contributed by atoms with Crippen molar-refractivity contribution in [3.05, 3.63) is 0 Å². The highest BCUT2D eigenvalue weighted by molar-refractivity contribution is 5.10. The predicted octanol–water partition coefficient (Wildman–Crippen LogP) is 5.29. The number of hydrogen-bond acceptors (Lipinski definition) is 1. The predicted molar refractivity (Wildman–Crippen MR) is 54.4 cm³/mol. The van der Waals surface area contributed by atoms with Crippen molar-refractivity contribution in [3.8, 4) is 0 Å². The quantitative estimate of drug-likeness (QED) is 0.547. The summed E-state index contributed by atoms with van der Waals surface area (Å²) in [5.41, 5.74) is 0. The summed E-state index contributed by atoms with van der Waals surface area (Å²) < 4.78 is 171. The van der Waals surface area contributed by atoms with Crippen LogP contribution in [0.15, 0.2) is 0 Å². The first-order valence-corrected chi connectivity index (χ1v) is 6.40. The molecule has 1 unspecified atom stereocenters. The summed E-state index contributed by atoms with van der Waals surface area (Å²) in [4.78, 5) is 0. The monoisotopic (exact) mass is 404 g/mol. The number of rotatable bonds is 6. The van der Waals surface area contributed by atoms with Crippen LogP contribution in [0.5, 0.6) is 0 Å². The molecule has 0 N–H and O–H groups in total. The maximum Gasteiger partial charge on any atom is 0.460 e. The van der Waals surface area contributed by atoms with Gasteiger partial charge in [0.15, 0.2) is 0 Å². The van der Waals surface area contributed by atoms with Gasteiger partial charge in [0.05, 0.1) is 6.10 Å². The Morgan fingerprint density at radius 2 is 1.08 bits per heavy atom. The van der Waals surface area contributed by atoms with Crippen LogP contribution >= 0.6 is 0 Å². The zero-order valence-electron chi connectivity index (χ0n) is 11.7. The molecular weight excluding hydrogens is 395 g/mol. The van der Waals surface area contributed by atoms with Crippen molar-refractivity contribution in [2.24, 2.45) is 0 Å². The van der Waals surface area contributed by atoms with E-state index in [0.717, 1.165) is 0 Å². The Morgan fingerprint density at radius 3 is 1.44 bits per heavy atom. The molecule has 0 aromatic carbocycles. The number of alkyl halides is 13. The standard InChI is InChI=1S/C11H9F13O/c12-6(13,4-5-2-1-3-25-5)7(14,15)8(16,17)9(18,19)10(20,21)11(22,23)24/h5H,1-4H2. The summed E-state index contributed by atoms with van der Waals surface area (Å²) in [7, 11) is 0. The van der Waals surface area contributed by atoms with E-state index < -0.39 is 48.3 Å². The number of halogens is 13. The summed E-state index contributed by atoms with van der Waals surface area (Å²) in [5, 5.41) is 0. The van der Waals surface area contributed by atoms with Crippen molar-refractivity contribution in [3.63, 3.8) is 0 Å². The molecule has 1 aliphatic rings. The third-order valence-corrected chi connectivity index (χ3v) is 3.51. The van der Waals surface area contributed by atoms with Gasteiger partial charge in [-0.1, -0.05) is 0 Å². The highest BCUT2D eigenvalue weighted by Crippen LogP contribution is 2.60. The zero-order chi connectivity index (χ0) is 20.1. The molecule has 1 atom stereocenters. The summed E-state index contributed by atoms with van der Waals surface area (Å²) in [5.74, 6) is -36.5. The smallest absolute Gasteiger partial charge is 0.378 e. The van der Waals surface area contributed by atoms with Crippen LogP contribution in [0.2, 0.25) is 0 Å². The minimum atomic E-state index is -7.85. The summed E-state index contributed by atoms with van der Waals surface area (Å²) in [6.07, 6.45) is -11.7. The van der Waals surface area contributed by atoms with Crippen LogP contribution in [0.3, 0.4) is 0 Å². The molecule has 1 aliphatic heterocycles. The molecule has 1 fully saturated rings. The molecule has 0 radical (unpaired) electrons. The van der Waals surface area contributed by atoms with Gasteiger partial charge in [-0.3, -0.25) is 0 Å². The molecule has 14 heteroatoms. The molecule has 0 spiro atoms. The second-order valence-corrected chi connectivity index (χ2v) is 5.34. The summed E-state index contributed by atoms with van der Waals surface area (Å²) in [6.45, 7) is -0.231. The second kappa shape index (κ2) is 6.05. The van der Waals surface area contributed by atoms with Crippen molar-refractivity contribution in [2.75, 3.05) is 6.61 Å². The fourth-order valence-corrected chi connectivity index (χ4v) is 2.02. The van der Waals surface area contributed by atoms with E-state index in [2.05, 4.69) is 4.74 Å². The molecule has 1 rings (SSSR count). The van der Waals surface area contributed by atoms with Crippen LogP contribution in [0.25, 0.3) is 0 Å². The molecule has 0 aromatic rings. The van der Waals surface area contributed by atoms with Gasteiger partial charge in [0.1, 0.15) is 0 Å². The fourth-order valence-electron chi connectivity index (χ4n) is 2.02. The van der Waals surface area contributed by atoms with E-state index in [-0.39, 0.29) is 19.4 Å². The van der Waals surface area contributed by atoms with E-state index in [0.29, 0.717) is 0 Å². The molecule has 1 saturated heterocycles. The minimum Gasteiger partial charge on any atom is -0.378 e. The van der Waals surface area contributed by atoms with E-state index in [9.17, 15) is 57.1 Å². The third kappa shape index (κ3) is 3.25. The molecule has 150 valence electrons. The first-order chi connectivity index (χ1) is 10.8. The Morgan fingerprint density at radius 1 is 0.640 bits per heavy atom. The van der Waals surface area contributed by atoms with Gasteiger partial charge in [0.25, 0.3) is 0 Å². The summed E-state index contributed by atoms with van der Waals surface area (Å²) in [6, 6.07) is 0. The maximum atomic E-state index is 13.4. The number of ether oxygens (including phenoxy) is 1. The lowest BCUT2D eigenvalue weighted by molar-refractivity contribution is -0.440. The Bertz CT molecular complexity index is 475. The Kier molecular flexibility index (Phi) is 5.34. The highest BCUT2D eigenvalue weighted by atomic mass is 19.4. The van der Waals surface area contributed by atoms with Crippen LogP contribution < -0.4 is 0 Å². The van der Waals surface area contributed by atoms with Crippen molar-refractivity contribution < 1.29 is 61.8 Å². The van der Waals surface area contributed by atoms with Crippen LogP contribution in [-0.4, -0.2) is 48.5 Å². The van der Waals surface area contributed by atoms with E-state index >= 15 is 0 Å². The van der Waals surface area contributed by atoms with Crippen LogP contribution in [-0.2, 0) is 4.74 Å². The molecule has 0 saturated carbocycles. The molecule has 0 bridgehead atoms. The van der Waals surface area contributed by atoms with Gasteiger partial charge in [-0.15, -0.1) is 0 Å². The Labute approximate surface area is 131 Å². The topological polar surface area (TPSA) is 9.23 Å². The van der Waals surface area contributed by atoms with Crippen molar-refractivity contribution in [1.29, 1.82) is 0 Å². The van der Waals surface area contributed by atoms with E-state index in [1.165, 1.54) is 0 Å². The van der Waals surface area contributed by atoms with Crippen LogP contribution in [0.4, 0.5) is 57.1 Å². The van der Waals surface area contributed by atoms with E-state index in [4.69, 9.17) is 0 Å². The van der Waals surface area contributed by atoms with Crippen molar-refractivity contribution in [1.82, 2.24) is 0 Å². The van der Waals surface area contributed by atoms with Crippen molar-refractivity contribution in [2.45, 2.75) is 61.2 Å². The first kappa shape index (κ1) is 22.1. The lowest BCUT2D eigenvalue weighted by atomic mass is 9.91. The van der Waals surface area contributed by atoms with E-state index in [1.807, 2.05) is 0 Å². The third-order valence-electron chi connectivity index (χ3n) is 3.51. The maximum absolute atomic E-state index is 13.4. The lowest BCUT2D eigenvalue weighted by Gasteiger charge is -2.40. The van der Waals surface area contributed by atoms with Crippen LogP contribution in [0, 0.1) is 0 Å². The lowest BCUT2D eigenvalue weighted by Crippen LogP contribution is -2.70. The average molecular weight is 404 g/mol. The van der Waals surface area contributed by atoms with Crippen molar-refractivity contribution >= 4 is 0 Å².